The molecule has 0 aliphatic rings. The van der Waals surface area contributed by atoms with Crippen LogP contribution < -0.4 is 4.72 Å². The van der Waals surface area contributed by atoms with Gasteiger partial charge in [0.2, 0.25) is 5.89 Å². The number of alkyl halides is 3. The number of anilines is 1. The Bertz CT molecular complexity index is 1490. The SMILES string of the molecule is COC(=O)c1cc(S(=O)(=O)Nc2ccc3oc(-c4ccc(C(F)(F)F)cc4)nc3c2)ccc1C. The van der Waals surface area contributed by atoms with E-state index in [9.17, 15) is 26.4 Å². The van der Waals surface area contributed by atoms with Crippen LogP contribution in [0.2, 0.25) is 0 Å². The fourth-order valence-corrected chi connectivity index (χ4v) is 4.30. The minimum absolute atomic E-state index is 0.0880. The molecule has 1 heterocycles. The molecule has 4 rings (SSSR count). The predicted molar refractivity (Wildman–Crippen MR) is 118 cm³/mol. The monoisotopic (exact) mass is 490 g/mol. The van der Waals surface area contributed by atoms with Gasteiger partial charge < -0.3 is 9.15 Å². The molecule has 0 spiro atoms. The van der Waals surface area contributed by atoms with E-state index in [4.69, 9.17) is 4.42 Å². The highest BCUT2D eigenvalue weighted by Gasteiger charge is 2.30. The molecule has 34 heavy (non-hydrogen) atoms. The van der Waals surface area contributed by atoms with Gasteiger partial charge in [-0.2, -0.15) is 13.2 Å². The maximum absolute atomic E-state index is 12.9. The van der Waals surface area contributed by atoms with Gasteiger partial charge in [0.05, 0.1) is 28.8 Å². The molecule has 0 radical (unpaired) electrons. The fourth-order valence-electron chi connectivity index (χ4n) is 3.23. The molecule has 0 saturated carbocycles. The second-order valence-corrected chi connectivity index (χ2v) is 9.03. The van der Waals surface area contributed by atoms with Crippen LogP contribution in [0.5, 0.6) is 0 Å². The third kappa shape index (κ3) is 4.60. The van der Waals surface area contributed by atoms with E-state index in [0.717, 1.165) is 12.1 Å². The molecule has 0 unspecified atom stereocenters. The third-order valence-corrected chi connectivity index (χ3v) is 6.40. The summed E-state index contributed by atoms with van der Waals surface area (Å²) in [6.07, 6.45) is -4.46. The van der Waals surface area contributed by atoms with Gasteiger partial charge >= 0.3 is 12.1 Å². The van der Waals surface area contributed by atoms with Crippen LogP contribution in [0.1, 0.15) is 21.5 Å². The number of methoxy groups -OCH3 is 1. The Morgan fingerprint density at radius 2 is 1.74 bits per heavy atom. The number of esters is 1. The number of benzene rings is 3. The average molecular weight is 490 g/mol. The van der Waals surface area contributed by atoms with Gasteiger partial charge in [0.1, 0.15) is 5.52 Å². The number of ether oxygens (including phenoxy) is 1. The first-order valence-corrected chi connectivity index (χ1v) is 11.3. The van der Waals surface area contributed by atoms with Crippen molar-refractivity contribution in [2.75, 3.05) is 11.8 Å². The molecule has 11 heteroatoms. The molecular weight excluding hydrogens is 473 g/mol. The number of sulfonamides is 1. The zero-order valence-electron chi connectivity index (χ0n) is 17.8. The summed E-state index contributed by atoms with van der Waals surface area (Å²) in [6.45, 7) is 1.66. The smallest absolute Gasteiger partial charge is 0.416 e. The van der Waals surface area contributed by atoms with Crippen LogP contribution >= 0.6 is 0 Å². The van der Waals surface area contributed by atoms with Crippen LogP contribution in [0, 0.1) is 6.92 Å². The van der Waals surface area contributed by atoms with E-state index in [1.165, 1.54) is 55.6 Å². The van der Waals surface area contributed by atoms with E-state index in [0.29, 0.717) is 22.2 Å². The van der Waals surface area contributed by atoms with Crippen molar-refractivity contribution in [3.05, 3.63) is 77.4 Å². The van der Waals surface area contributed by atoms with Crippen molar-refractivity contribution in [1.29, 1.82) is 0 Å². The number of nitrogens with zero attached hydrogens (tertiary/aromatic N) is 1. The number of nitrogens with one attached hydrogen (secondary N) is 1. The summed E-state index contributed by atoms with van der Waals surface area (Å²) in [5.74, 6) is -0.570. The van der Waals surface area contributed by atoms with E-state index < -0.39 is 27.7 Å². The van der Waals surface area contributed by atoms with Crippen LogP contribution in [-0.4, -0.2) is 26.5 Å². The number of aryl methyl sites for hydroxylation is 1. The molecule has 0 aliphatic heterocycles. The molecule has 0 amide bonds. The number of carbonyl (C=O) groups is 1. The largest absolute Gasteiger partial charge is 0.465 e. The lowest BCUT2D eigenvalue weighted by atomic mass is 10.1. The normalized spacial score (nSPS) is 12.0. The molecule has 1 aromatic heterocycles. The molecule has 0 aliphatic carbocycles. The van der Waals surface area contributed by atoms with Crippen LogP contribution in [0.15, 0.2) is 70.0 Å². The number of fused-ring (bicyclic) bond motifs is 1. The number of aromatic nitrogens is 1. The van der Waals surface area contributed by atoms with E-state index in [2.05, 4.69) is 14.4 Å². The van der Waals surface area contributed by atoms with Crippen LogP contribution in [-0.2, 0) is 20.9 Å². The maximum atomic E-state index is 12.9. The average Bonchev–Trinajstić information content (AvgIpc) is 3.21. The Balaban J connectivity index is 1.62. The zero-order valence-corrected chi connectivity index (χ0v) is 18.6. The lowest BCUT2D eigenvalue weighted by molar-refractivity contribution is -0.137. The Kier molecular flexibility index (Phi) is 5.82. The molecule has 0 atom stereocenters. The highest BCUT2D eigenvalue weighted by atomic mass is 32.2. The summed E-state index contributed by atoms with van der Waals surface area (Å²) >= 11 is 0. The lowest BCUT2D eigenvalue weighted by Crippen LogP contribution is -2.14. The highest BCUT2D eigenvalue weighted by Crippen LogP contribution is 2.32. The van der Waals surface area contributed by atoms with Gasteiger partial charge in [-0.25, -0.2) is 18.2 Å². The number of hydrogen-bond acceptors (Lipinski definition) is 6. The number of carbonyl (C=O) groups excluding carboxylic acids is 1. The molecule has 1 N–H and O–H groups in total. The molecule has 0 bridgehead atoms. The summed E-state index contributed by atoms with van der Waals surface area (Å²) in [5.41, 5.74) is 1.02. The fraction of sp³-hybridized carbons (Fsp3) is 0.130. The number of oxazole rings is 1. The van der Waals surface area contributed by atoms with Crippen molar-refractivity contribution < 1.29 is 35.5 Å². The molecule has 176 valence electrons. The second kappa shape index (κ2) is 8.49. The van der Waals surface area contributed by atoms with Crippen molar-refractivity contribution in [3.63, 3.8) is 0 Å². The summed E-state index contributed by atoms with van der Waals surface area (Å²) in [7, 11) is -2.85. The summed E-state index contributed by atoms with van der Waals surface area (Å²) in [4.78, 5) is 16.0. The number of rotatable bonds is 5. The van der Waals surface area contributed by atoms with Crippen molar-refractivity contribution in [1.82, 2.24) is 4.98 Å². The first-order valence-electron chi connectivity index (χ1n) is 9.78. The van der Waals surface area contributed by atoms with Gasteiger partial charge in [-0.15, -0.1) is 0 Å². The summed E-state index contributed by atoms with van der Waals surface area (Å²) in [5, 5.41) is 0. The zero-order chi connectivity index (χ0) is 24.7. The third-order valence-electron chi connectivity index (χ3n) is 5.02. The maximum Gasteiger partial charge on any atom is 0.416 e. The second-order valence-electron chi connectivity index (χ2n) is 7.35. The van der Waals surface area contributed by atoms with Crippen LogP contribution in [0.4, 0.5) is 18.9 Å². The summed E-state index contributed by atoms with van der Waals surface area (Å²) in [6, 6.07) is 12.8. The first-order chi connectivity index (χ1) is 16.0. The van der Waals surface area contributed by atoms with Crippen LogP contribution in [0.25, 0.3) is 22.6 Å². The van der Waals surface area contributed by atoms with Crippen molar-refractivity contribution in [2.24, 2.45) is 0 Å². The Hall–Kier alpha value is -3.86. The van der Waals surface area contributed by atoms with Gasteiger partial charge in [-0.3, -0.25) is 4.72 Å². The molecule has 0 saturated heterocycles. The number of hydrogen-bond donors (Lipinski definition) is 1. The Morgan fingerprint density at radius 1 is 1.03 bits per heavy atom. The minimum atomic E-state index is -4.46. The first kappa shape index (κ1) is 23.3. The van der Waals surface area contributed by atoms with Gasteiger partial charge in [0, 0.05) is 5.56 Å². The van der Waals surface area contributed by atoms with E-state index in [1.807, 2.05) is 0 Å². The van der Waals surface area contributed by atoms with Gasteiger partial charge in [0.25, 0.3) is 10.0 Å². The molecular formula is C23H17F3N2O5S. The van der Waals surface area contributed by atoms with Crippen molar-refractivity contribution >= 4 is 32.8 Å². The van der Waals surface area contributed by atoms with Gasteiger partial charge in [-0.1, -0.05) is 6.07 Å². The van der Waals surface area contributed by atoms with Gasteiger partial charge in [0.15, 0.2) is 5.58 Å². The number of halogens is 3. The highest BCUT2D eigenvalue weighted by molar-refractivity contribution is 7.92. The molecule has 4 aromatic rings. The predicted octanol–water partition coefficient (Wildman–Crippen LogP) is 5.41. The summed E-state index contributed by atoms with van der Waals surface area (Å²) < 4.78 is 76.7. The Morgan fingerprint density at radius 3 is 2.38 bits per heavy atom. The molecule has 0 fully saturated rings. The van der Waals surface area contributed by atoms with Crippen molar-refractivity contribution in [2.45, 2.75) is 18.0 Å². The topological polar surface area (TPSA) is 98.5 Å². The van der Waals surface area contributed by atoms with Gasteiger partial charge in [-0.05, 0) is 67.1 Å². The Labute approximate surface area is 192 Å². The van der Waals surface area contributed by atoms with Crippen molar-refractivity contribution in [3.8, 4) is 11.5 Å². The van der Waals surface area contributed by atoms with E-state index in [1.54, 1.807) is 6.92 Å². The standard InChI is InChI=1S/C23H17F3N2O5S/c1-13-3-9-17(12-18(13)22(29)32-2)34(30,31)28-16-8-10-20-19(11-16)27-21(33-20)14-4-6-15(7-5-14)23(24,25)26/h3-12,28H,1-2H3. The minimum Gasteiger partial charge on any atom is -0.465 e. The van der Waals surface area contributed by atoms with E-state index >= 15 is 0 Å². The van der Waals surface area contributed by atoms with Crippen LogP contribution in [0.3, 0.4) is 0 Å². The van der Waals surface area contributed by atoms with E-state index in [-0.39, 0.29) is 22.0 Å². The quantitative estimate of drug-likeness (QED) is 0.376. The molecule has 7 nitrogen and oxygen atoms in total. The molecule has 3 aromatic carbocycles. The lowest BCUT2D eigenvalue weighted by Gasteiger charge is -2.10.